The van der Waals surface area contributed by atoms with Crippen molar-refractivity contribution < 1.29 is 19.5 Å². The van der Waals surface area contributed by atoms with E-state index in [1.54, 1.807) is 7.05 Å². The van der Waals surface area contributed by atoms with Gasteiger partial charge in [-0.05, 0) is 6.07 Å². The van der Waals surface area contributed by atoms with Gasteiger partial charge in [-0.25, -0.2) is 14.8 Å². The minimum Gasteiger partial charge on any atom is -0.480 e. The van der Waals surface area contributed by atoms with Crippen molar-refractivity contribution in [1.82, 2.24) is 19.4 Å². The van der Waals surface area contributed by atoms with Gasteiger partial charge in [-0.1, -0.05) is 0 Å². The number of hydrogen-bond acceptors (Lipinski definition) is 6. The van der Waals surface area contributed by atoms with Crippen LogP contribution in [0.1, 0.15) is 10.4 Å². The first kappa shape index (κ1) is 16.4. The number of anilines is 1. The number of aromatic nitrogens is 3. The Morgan fingerprint density at radius 1 is 1.32 bits per heavy atom. The first-order chi connectivity index (χ1) is 11.8. The maximum atomic E-state index is 12.3. The lowest BCUT2D eigenvalue weighted by Gasteiger charge is -2.16. The Balaban J connectivity index is 2.21. The summed E-state index contributed by atoms with van der Waals surface area (Å²) in [5.74, 6) is -2.06. The van der Waals surface area contributed by atoms with Crippen molar-refractivity contribution in [2.75, 3.05) is 25.0 Å². The zero-order valence-corrected chi connectivity index (χ0v) is 13.2. The van der Waals surface area contributed by atoms with E-state index in [4.69, 9.17) is 10.8 Å². The van der Waals surface area contributed by atoms with Crippen LogP contribution in [0.2, 0.25) is 0 Å². The Labute approximate surface area is 140 Å². The van der Waals surface area contributed by atoms with Crippen LogP contribution in [0.15, 0.2) is 17.1 Å². The Morgan fingerprint density at radius 3 is 2.60 bits per heavy atom. The molecule has 0 bridgehead atoms. The van der Waals surface area contributed by atoms with E-state index in [1.165, 1.54) is 16.0 Å². The van der Waals surface area contributed by atoms with Crippen LogP contribution in [0.3, 0.4) is 0 Å². The predicted molar refractivity (Wildman–Crippen MR) is 85.3 cm³/mol. The van der Waals surface area contributed by atoms with Crippen LogP contribution < -0.4 is 16.2 Å². The van der Waals surface area contributed by atoms with Crippen molar-refractivity contribution in [2.24, 2.45) is 5.73 Å². The van der Waals surface area contributed by atoms with Gasteiger partial charge in [0.25, 0.3) is 11.5 Å². The Hall–Kier alpha value is -3.50. The summed E-state index contributed by atoms with van der Waals surface area (Å²) in [6, 6.07) is 0.890. The van der Waals surface area contributed by atoms with Gasteiger partial charge in [-0.2, -0.15) is 0 Å². The van der Waals surface area contributed by atoms with Crippen LogP contribution in [0.25, 0.3) is 11.2 Å². The molecule has 0 aromatic carbocycles. The van der Waals surface area contributed by atoms with E-state index in [-0.39, 0.29) is 23.0 Å². The van der Waals surface area contributed by atoms with Gasteiger partial charge in [-0.15, -0.1) is 0 Å². The molecule has 1 aliphatic heterocycles. The van der Waals surface area contributed by atoms with Crippen molar-refractivity contribution in [3.63, 3.8) is 0 Å². The molecule has 2 aromatic rings. The van der Waals surface area contributed by atoms with Gasteiger partial charge in [0, 0.05) is 20.1 Å². The molecule has 3 N–H and O–H groups in total. The summed E-state index contributed by atoms with van der Waals surface area (Å²) in [5, 5.41) is 8.99. The molecule has 11 heteroatoms. The summed E-state index contributed by atoms with van der Waals surface area (Å²) in [4.78, 5) is 58.0. The van der Waals surface area contributed by atoms with Gasteiger partial charge in [0.2, 0.25) is 0 Å². The maximum absolute atomic E-state index is 12.3. The van der Waals surface area contributed by atoms with E-state index in [9.17, 15) is 19.2 Å². The fourth-order valence-corrected chi connectivity index (χ4v) is 2.58. The first-order valence-electron chi connectivity index (χ1n) is 7.24. The normalized spacial score (nSPS) is 14.4. The van der Waals surface area contributed by atoms with Crippen molar-refractivity contribution in [1.29, 1.82) is 0 Å². The number of fused-ring (bicyclic) bond motifs is 1. The number of pyridine rings is 1. The van der Waals surface area contributed by atoms with Gasteiger partial charge in [0.1, 0.15) is 17.6 Å². The number of carbonyl (C=O) groups is 3. The number of likely N-dealkylation sites (N-methyl/N-ethyl adjacent to an activating group) is 1. The summed E-state index contributed by atoms with van der Waals surface area (Å²) < 4.78 is 0.812. The first-order valence-corrected chi connectivity index (χ1v) is 7.24. The highest BCUT2D eigenvalue weighted by Gasteiger charge is 2.28. The summed E-state index contributed by atoms with van der Waals surface area (Å²) in [6.45, 7) is 0.229. The van der Waals surface area contributed by atoms with Crippen LogP contribution in [0.4, 0.5) is 10.6 Å². The minimum atomic E-state index is -1.28. The van der Waals surface area contributed by atoms with E-state index in [2.05, 4.69) is 9.97 Å². The fourth-order valence-electron chi connectivity index (χ4n) is 2.58. The maximum Gasteiger partial charge on any atom is 0.325 e. The fraction of sp³-hybridized carbons (Fsp3) is 0.286. The smallest absolute Gasteiger partial charge is 0.325 e. The number of amides is 3. The van der Waals surface area contributed by atoms with Crippen molar-refractivity contribution in [3.05, 3.63) is 28.2 Å². The zero-order chi connectivity index (χ0) is 18.3. The number of aliphatic carboxylic acids is 1. The number of carboxylic acid groups (broad SMARTS) is 1. The van der Waals surface area contributed by atoms with Crippen molar-refractivity contribution in [3.8, 4) is 0 Å². The Kier molecular flexibility index (Phi) is 3.83. The average Bonchev–Trinajstić information content (AvgIpc) is 2.88. The molecule has 3 heterocycles. The van der Waals surface area contributed by atoms with Gasteiger partial charge < -0.3 is 15.7 Å². The number of rotatable bonds is 4. The number of urea groups is 1. The van der Waals surface area contributed by atoms with Gasteiger partial charge in [0.15, 0.2) is 11.5 Å². The van der Waals surface area contributed by atoms with E-state index in [1.807, 2.05) is 0 Å². The van der Waals surface area contributed by atoms with Crippen LogP contribution in [-0.4, -0.2) is 62.6 Å². The molecule has 130 valence electrons. The van der Waals surface area contributed by atoms with Crippen molar-refractivity contribution in [2.45, 2.75) is 6.54 Å². The molecule has 2 aromatic heterocycles. The SMILES string of the molecule is CN1CCN(c2cnc3c(cc(C(N)=O)c(=O)n3CC(=O)O)n2)C1=O. The highest BCUT2D eigenvalue weighted by atomic mass is 16.4. The Bertz CT molecular complexity index is 968. The second kappa shape index (κ2) is 5.85. The van der Waals surface area contributed by atoms with Crippen LogP contribution >= 0.6 is 0 Å². The summed E-state index contributed by atoms with van der Waals surface area (Å²) in [6.07, 6.45) is 1.28. The monoisotopic (exact) mass is 346 g/mol. The number of hydrogen-bond donors (Lipinski definition) is 2. The molecule has 0 saturated carbocycles. The third kappa shape index (κ3) is 2.75. The molecule has 1 saturated heterocycles. The molecule has 1 fully saturated rings. The summed E-state index contributed by atoms with van der Waals surface area (Å²) in [7, 11) is 1.65. The molecular weight excluding hydrogens is 332 g/mol. The molecular formula is C14H14N6O5. The molecule has 0 unspecified atom stereocenters. The van der Waals surface area contributed by atoms with Gasteiger partial charge >= 0.3 is 12.0 Å². The molecule has 3 amide bonds. The number of nitrogens with two attached hydrogens (primary N) is 1. The number of nitrogens with zero attached hydrogens (tertiary/aromatic N) is 5. The third-order valence-corrected chi connectivity index (χ3v) is 3.83. The topological polar surface area (TPSA) is 152 Å². The summed E-state index contributed by atoms with van der Waals surface area (Å²) in [5.41, 5.74) is 4.01. The molecule has 25 heavy (non-hydrogen) atoms. The highest BCUT2D eigenvalue weighted by Crippen LogP contribution is 2.19. The number of primary amides is 1. The van der Waals surface area contributed by atoms with E-state index in [0.29, 0.717) is 13.1 Å². The zero-order valence-electron chi connectivity index (χ0n) is 13.2. The lowest BCUT2D eigenvalue weighted by Crippen LogP contribution is -2.33. The molecule has 0 spiro atoms. The lowest BCUT2D eigenvalue weighted by atomic mass is 10.2. The second-order valence-electron chi connectivity index (χ2n) is 5.50. The molecule has 1 aliphatic rings. The highest BCUT2D eigenvalue weighted by molar-refractivity contribution is 5.96. The van der Waals surface area contributed by atoms with Gasteiger partial charge in [0.05, 0.1) is 6.20 Å². The summed E-state index contributed by atoms with van der Waals surface area (Å²) >= 11 is 0. The van der Waals surface area contributed by atoms with Crippen LogP contribution in [0, 0.1) is 0 Å². The number of carboxylic acids is 1. The number of carbonyl (C=O) groups excluding carboxylic acids is 2. The molecule has 0 atom stereocenters. The second-order valence-corrected chi connectivity index (χ2v) is 5.50. The van der Waals surface area contributed by atoms with Crippen LogP contribution in [0.5, 0.6) is 0 Å². The molecule has 3 rings (SSSR count). The van der Waals surface area contributed by atoms with Crippen LogP contribution in [-0.2, 0) is 11.3 Å². The minimum absolute atomic E-state index is 0.0128. The quantitative estimate of drug-likeness (QED) is 0.709. The van der Waals surface area contributed by atoms with E-state index in [0.717, 1.165) is 10.6 Å². The van der Waals surface area contributed by atoms with Crippen molar-refractivity contribution >= 4 is 34.9 Å². The van der Waals surface area contributed by atoms with Gasteiger partial charge in [-0.3, -0.25) is 23.9 Å². The molecule has 0 radical (unpaired) electrons. The standard InChI is InChI=1S/C14H14N6O5/c1-18-2-3-19(14(18)25)9-5-16-12-8(17-9)4-7(11(15)23)13(24)20(12)6-10(21)22/h4-5H,2-3,6H2,1H3,(H2,15,23)(H,21,22). The Morgan fingerprint density at radius 2 is 2.04 bits per heavy atom. The molecule has 11 nitrogen and oxygen atoms in total. The average molecular weight is 346 g/mol. The largest absolute Gasteiger partial charge is 0.480 e. The third-order valence-electron chi connectivity index (χ3n) is 3.83. The van der Waals surface area contributed by atoms with E-state index < -0.39 is 29.5 Å². The molecule has 0 aliphatic carbocycles. The lowest BCUT2D eigenvalue weighted by molar-refractivity contribution is -0.137. The predicted octanol–water partition coefficient (Wildman–Crippen LogP) is -1.15. The van der Waals surface area contributed by atoms with E-state index >= 15 is 0 Å².